The summed E-state index contributed by atoms with van der Waals surface area (Å²) in [5.74, 6) is 0. The topological polar surface area (TPSA) is 72.2 Å². The van der Waals surface area contributed by atoms with E-state index in [2.05, 4.69) is 4.72 Å². The molecule has 0 atom stereocenters. The average molecular weight is 302 g/mol. The SMILES string of the molecule is NCc1sccc1S(=O)(=O)NCCc1ccsc1. The minimum Gasteiger partial charge on any atom is -0.326 e. The highest BCUT2D eigenvalue weighted by molar-refractivity contribution is 7.89. The fourth-order valence-corrected chi connectivity index (χ4v) is 4.63. The number of hydrogen-bond donors (Lipinski definition) is 2. The molecule has 2 rings (SSSR count). The third-order valence-corrected chi connectivity index (χ3v) is 5.82. The summed E-state index contributed by atoms with van der Waals surface area (Å²) in [5, 5.41) is 5.75. The van der Waals surface area contributed by atoms with E-state index < -0.39 is 10.0 Å². The first-order valence-electron chi connectivity index (χ1n) is 5.40. The lowest BCUT2D eigenvalue weighted by Crippen LogP contribution is -2.26. The van der Waals surface area contributed by atoms with Crippen molar-refractivity contribution in [1.29, 1.82) is 0 Å². The number of hydrogen-bond acceptors (Lipinski definition) is 5. The lowest BCUT2D eigenvalue weighted by Gasteiger charge is -2.06. The van der Waals surface area contributed by atoms with E-state index >= 15 is 0 Å². The van der Waals surface area contributed by atoms with E-state index in [0.717, 1.165) is 5.56 Å². The zero-order valence-electron chi connectivity index (χ0n) is 9.63. The molecule has 2 aromatic heterocycles. The van der Waals surface area contributed by atoms with Crippen LogP contribution in [0.25, 0.3) is 0 Å². The molecule has 0 unspecified atom stereocenters. The highest BCUT2D eigenvalue weighted by Gasteiger charge is 2.18. The van der Waals surface area contributed by atoms with E-state index in [4.69, 9.17) is 5.73 Å². The maximum Gasteiger partial charge on any atom is 0.241 e. The first kappa shape index (κ1) is 13.7. The molecule has 98 valence electrons. The molecule has 0 spiro atoms. The molecule has 3 N–H and O–H groups in total. The van der Waals surface area contributed by atoms with Gasteiger partial charge in [0.25, 0.3) is 0 Å². The zero-order valence-corrected chi connectivity index (χ0v) is 12.1. The molecule has 0 amide bonds. The van der Waals surface area contributed by atoms with Crippen LogP contribution in [0.4, 0.5) is 0 Å². The normalized spacial score (nSPS) is 11.8. The van der Waals surface area contributed by atoms with E-state index in [9.17, 15) is 8.42 Å². The molecule has 0 aliphatic heterocycles. The fraction of sp³-hybridized carbons (Fsp3) is 0.273. The Balaban J connectivity index is 1.99. The van der Waals surface area contributed by atoms with Crippen LogP contribution in [0.5, 0.6) is 0 Å². The molecule has 2 heterocycles. The van der Waals surface area contributed by atoms with Gasteiger partial charge in [-0.25, -0.2) is 13.1 Å². The highest BCUT2D eigenvalue weighted by atomic mass is 32.2. The van der Waals surface area contributed by atoms with E-state index in [0.29, 0.717) is 22.7 Å². The van der Waals surface area contributed by atoms with Gasteiger partial charge in [-0.15, -0.1) is 11.3 Å². The van der Waals surface area contributed by atoms with Crippen molar-refractivity contribution >= 4 is 32.7 Å². The molecular formula is C11H14N2O2S3. The van der Waals surface area contributed by atoms with Crippen molar-refractivity contribution in [3.05, 3.63) is 38.7 Å². The molecule has 0 fully saturated rings. The zero-order chi connectivity index (χ0) is 13.0. The van der Waals surface area contributed by atoms with Gasteiger partial charge in [0.1, 0.15) is 0 Å². The Hall–Kier alpha value is -0.730. The Morgan fingerprint density at radius 2 is 2.11 bits per heavy atom. The molecule has 18 heavy (non-hydrogen) atoms. The van der Waals surface area contributed by atoms with Crippen molar-refractivity contribution in [2.75, 3.05) is 6.54 Å². The van der Waals surface area contributed by atoms with E-state index in [1.165, 1.54) is 11.3 Å². The van der Waals surface area contributed by atoms with E-state index in [1.807, 2.05) is 16.8 Å². The smallest absolute Gasteiger partial charge is 0.241 e. The number of nitrogens with two attached hydrogens (primary N) is 1. The largest absolute Gasteiger partial charge is 0.326 e. The standard InChI is InChI=1S/C11H14N2O2S3/c12-7-10-11(3-6-17-10)18(14,15)13-4-1-9-2-5-16-8-9/h2-3,5-6,8,13H,1,4,7,12H2. The Kier molecular flexibility index (Phi) is 4.52. The second-order valence-corrected chi connectivity index (χ2v) is 7.21. The van der Waals surface area contributed by atoms with Crippen LogP contribution in [-0.4, -0.2) is 15.0 Å². The summed E-state index contributed by atoms with van der Waals surface area (Å²) in [7, 11) is -3.43. The predicted molar refractivity (Wildman–Crippen MR) is 75.4 cm³/mol. The number of rotatable bonds is 6. The number of nitrogens with one attached hydrogen (secondary N) is 1. The van der Waals surface area contributed by atoms with E-state index in [1.54, 1.807) is 22.8 Å². The highest BCUT2D eigenvalue weighted by Crippen LogP contribution is 2.21. The minimum absolute atomic E-state index is 0.248. The lowest BCUT2D eigenvalue weighted by molar-refractivity contribution is 0.581. The molecule has 0 bridgehead atoms. The molecule has 0 saturated carbocycles. The van der Waals surface area contributed by atoms with Gasteiger partial charge in [0, 0.05) is 18.0 Å². The summed E-state index contributed by atoms with van der Waals surface area (Å²) in [5.41, 5.74) is 6.66. The molecule has 7 heteroatoms. The summed E-state index contributed by atoms with van der Waals surface area (Å²) in [6, 6.07) is 3.59. The molecule has 0 aromatic carbocycles. The average Bonchev–Trinajstić information content (AvgIpc) is 2.99. The van der Waals surface area contributed by atoms with Crippen LogP contribution in [-0.2, 0) is 23.0 Å². The van der Waals surface area contributed by atoms with Gasteiger partial charge in [-0.2, -0.15) is 11.3 Å². The summed E-state index contributed by atoms with van der Waals surface area (Å²) in [4.78, 5) is 0.998. The van der Waals surface area contributed by atoms with Crippen LogP contribution in [0.2, 0.25) is 0 Å². The van der Waals surface area contributed by atoms with Gasteiger partial charge in [-0.05, 0) is 40.3 Å². The summed E-state index contributed by atoms with van der Waals surface area (Å²) < 4.78 is 26.7. The molecule has 2 aromatic rings. The first-order chi connectivity index (χ1) is 8.63. The Labute approximate surface area is 115 Å². The van der Waals surface area contributed by atoms with Gasteiger partial charge >= 0.3 is 0 Å². The maximum atomic E-state index is 12.0. The van der Waals surface area contributed by atoms with Crippen LogP contribution in [0.1, 0.15) is 10.4 Å². The van der Waals surface area contributed by atoms with Crippen LogP contribution >= 0.6 is 22.7 Å². The molecule has 0 radical (unpaired) electrons. The van der Waals surface area contributed by atoms with Crippen molar-refractivity contribution in [3.63, 3.8) is 0 Å². The van der Waals surface area contributed by atoms with Crippen LogP contribution in [0.15, 0.2) is 33.2 Å². The lowest BCUT2D eigenvalue weighted by atomic mass is 10.2. The van der Waals surface area contributed by atoms with Crippen LogP contribution < -0.4 is 10.5 Å². The molecule has 0 aliphatic carbocycles. The van der Waals surface area contributed by atoms with Gasteiger partial charge in [0.15, 0.2) is 0 Å². The van der Waals surface area contributed by atoms with Crippen LogP contribution in [0, 0.1) is 0 Å². The monoisotopic (exact) mass is 302 g/mol. The maximum absolute atomic E-state index is 12.0. The van der Waals surface area contributed by atoms with Crippen molar-refractivity contribution in [1.82, 2.24) is 4.72 Å². The predicted octanol–water partition coefficient (Wildman–Crippen LogP) is 1.79. The summed E-state index contributed by atoms with van der Waals surface area (Å²) in [6.45, 7) is 0.650. The van der Waals surface area contributed by atoms with Crippen molar-refractivity contribution in [2.24, 2.45) is 5.73 Å². The first-order valence-corrected chi connectivity index (χ1v) is 8.71. The second kappa shape index (κ2) is 5.94. The summed E-state index contributed by atoms with van der Waals surface area (Å²) >= 11 is 2.97. The molecular weight excluding hydrogens is 288 g/mol. The van der Waals surface area contributed by atoms with Crippen LogP contribution in [0.3, 0.4) is 0 Å². The van der Waals surface area contributed by atoms with E-state index in [-0.39, 0.29) is 6.54 Å². The summed E-state index contributed by atoms with van der Waals surface area (Å²) in [6.07, 6.45) is 0.699. The Morgan fingerprint density at radius 3 is 2.78 bits per heavy atom. The van der Waals surface area contributed by atoms with Gasteiger partial charge in [0.2, 0.25) is 10.0 Å². The molecule has 0 saturated heterocycles. The number of sulfonamides is 1. The number of thiophene rings is 2. The van der Waals surface area contributed by atoms with Gasteiger partial charge in [-0.3, -0.25) is 0 Å². The third-order valence-electron chi connectivity index (χ3n) is 2.47. The van der Waals surface area contributed by atoms with Gasteiger partial charge < -0.3 is 5.73 Å². The Morgan fingerprint density at radius 1 is 1.28 bits per heavy atom. The second-order valence-electron chi connectivity index (χ2n) is 3.69. The minimum atomic E-state index is -3.43. The fourth-order valence-electron chi connectivity index (χ4n) is 1.56. The quantitative estimate of drug-likeness (QED) is 0.854. The van der Waals surface area contributed by atoms with Crippen molar-refractivity contribution in [3.8, 4) is 0 Å². The van der Waals surface area contributed by atoms with Crippen molar-refractivity contribution in [2.45, 2.75) is 17.9 Å². The van der Waals surface area contributed by atoms with Gasteiger partial charge in [0.05, 0.1) is 4.90 Å². The molecule has 4 nitrogen and oxygen atoms in total. The Bertz CT molecular complexity index is 588. The van der Waals surface area contributed by atoms with Crippen molar-refractivity contribution < 1.29 is 8.42 Å². The third kappa shape index (κ3) is 3.18. The molecule has 0 aliphatic rings. The van der Waals surface area contributed by atoms with Gasteiger partial charge in [-0.1, -0.05) is 0 Å².